The molecule has 0 saturated carbocycles. The highest BCUT2D eigenvalue weighted by atomic mass is 35.5. The number of nitrogens with one attached hydrogen (secondary N) is 2. The number of alkyl halides is 3. The summed E-state index contributed by atoms with van der Waals surface area (Å²) in [4.78, 5) is 22.4. The minimum Gasteiger partial charge on any atom is -0.478 e. The fraction of sp³-hybridized carbons (Fsp3) is 0.333. The second-order valence-electron chi connectivity index (χ2n) is 4.32. The summed E-state index contributed by atoms with van der Waals surface area (Å²) in [6, 6.07) is 1.72. The Morgan fingerprint density at radius 1 is 1.38 bits per heavy atom. The van der Waals surface area contributed by atoms with E-state index in [1.54, 1.807) is 0 Å². The molecule has 5 nitrogen and oxygen atoms in total. The molecule has 0 spiro atoms. The molecule has 1 aromatic rings. The van der Waals surface area contributed by atoms with E-state index in [9.17, 15) is 22.8 Å². The van der Waals surface area contributed by atoms with Crippen molar-refractivity contribution in [2.75, 3.05) is 5.32 Å². The van der Waals surface area contributed by atoms with Crippen molar-refractivity contribution in [3.05, 3.63) is 28.8 Å². The molecular weight excluding hydrogens is 313 g/mol. The Morgan fingerprint density at radius 3 is 2.52 bits per heavy atom. The predicted octanol–water partition coefficient (Wildman–Crippen LogP) is 3.50. The normalized spacial score (nSPS) is 12.6. The Morgan fingerprint density at radius 2 is 2.00 bits per heavy atom. The third-order valence-corrected chi connectivity index (χ3v) is 2.70. The third kappa shape index (κ3) is 5.90. The molecule has 1 rings (SSSR count). The van der Waals surface area contributed by atoms with Gasteiger partial charge in [-0.1, -0.05) is 11.6 Å². The molecule has 21 heavy (non-hydrogen) atoms. The van der Waals surface area contributed by atoms with Crippen molar-refractivity contribution >= 4 is 29.3 Å². The first-order chi connectivity index (χ1) is 9.58. The molecule has 1 atom stereocenters. The van der Waals surface area contributed by atoms with Crippen LogP contribution in [-0.4, -0.2) is 29.3 Å². The van der Waals surface area contributed by atoms with Crippen molar-refractivity contribution in [2.24, 2.45) is 0 Å². The van der Waals surface area contributed by atoms with Crippen molar-refractivity contribution < 1.29 is 27.9 Å². The predicted molar refractivity (Wildman–Crippen MR) is 70.7 cm³/mol. The van der Waals surface area contributed by atoms with Gasteiger partial charge in [-0.2, -0.15) is 13.2 Å². The van der Waals surface area contributed by atoms with Gasteiger partial charge in [-0.25, -0.2) is 9.59 Å². The number of hydrogen-bond donors (Lipinski definition) is 3. The van der Waals surface area contributed by atoms with Crippen LogP contribution in [0.25, 0.3) is 0 Å². The van der Waals surface area contributed by atoms with Crippen molar-refractivity contribution in [3.8, 4) is 0 Å². The first kappa shape index (κ1) is 17.1. The standard InChI is InChI=1S/C12H12ClF3N2O3/c1-6(5-12(14,15)16)17-11(21)18-7-2-3-9(13)8(4-7)10(19)20/h2-4,6H,5H2,1H3,(H,19,20)(H2,17,18,21). The molecule has 0 fully saturated rings. The number of carbonyl (C=O) groups excluding carboxylic acids is 1. The van der Waals surface area contributed by atoms with Crippen LogP contribution < -0.4 is 10.6 Å². The number of aromatic carboxylic acids is 1. The van der Waals surface area contributed by atoms with Gasteiger partial charge in [-0.05, 0) is 25.1 Å². The highest BCUT2D eigenvalue weighted by Gasteiger charge is 2.30. The highest BCUT2D eigenvalue weighted by molar-refractivity contribution is 6.33. The quantitative estimate of drug-likeness (QED) is 0.793. The summed E-state index contributed by atoms with van der Waals surface area (Å²) in [6.45, 7) is 1.21. The summed E-state index contributed by atoms with van der Waals surface area (Å²) in [5.41, 5.74) is -0.119. The lowest BCUT2D eigenvalue weighted by molar-refractivity contribution is -0.138. The number of rotatable bonds is 4. The van der Waals surface area contributed by atoms with Crippen molar-refractivity contribution in [3.63, 3.8) is 0 Å². The molecule has 0 aliphatic carbocycles. The number of carboxylic acids is 1. The van der Waals surface area contributed by atoms with Crippen molar-refractivity contribution in [2.45, 2.75) is 25.6 Å². The molecule has 0 radical (unpaired) electrons. The Balaban J connectivity index is 2.67. The topological polar surface area (TPSA) is 78.4 Å². The maximum atomic E-state index is 12.1. The second kappa shape index (κ2) is 6.66. The monoisotopic (exact) mass is 324 g/mol. The van der Waals surface area contributed by atoms with E-state index in [2.05, 4.69) is 10.6 Å². The van der Waals surface area contributed by atoms with Gasteiger partial charge in [0.1, 0.15) is 0 Å². The van der Waals surface area contributed by atoms with Crippen LogP contribution in [0.1, 0.15) is 23.7 Å². The van der Waals surface area contributed by atoms with Crippen LogP contribution in [0.3, 0.4) is 0 Å². The molecular formula is C12H12ClF3N2O3. The SMILES string of the molecule is CC(CC(F)(F)F)NC(=O)Nc1ccc(Cl)c(C(=O)O)c1. The van der Waals surface area contributed by atoms with E-state index in [4.69, 9.17) is 16.7 Å². The molecule has 3 N–H and O–H groups in total. The van der Waals surface area contributed by atoms with Gasteiger partial charge in [0.15, 0.2) is 0 Å². The summed E-state index contributed by atoms with van der Waals surface area (Å²) in [5, 5.41) is 13.2. The molecule has 1 unspecified atom stereocenters. The minimum atomic E-state index is -4.39. The average molecular weight is 325 g/mol. The molecule has 1 aromatic carbocycles. The van der Waals surface area contributed by atoms with Gasteiger partial charge in [-0.3, -0.25) is 0 Å². The highest BCUT2D eigenvalue weighted by Crippen LogP contribution is 2.22. The number of halogens is 4. The average Bonchev–Trinajstić information content (AvgIpc) is 2.28. The smallest absolute Gasteiger partial charge is 0.391 e. The zero-order valence-electron chi connectivity index (χ0n) is 10.8. The van der Waals surface area contributed by atoms with E-state index in [-0.39, 0.29) is 16.3 Å². The summed E-state index contributed by atoms with van der Waals surface area (Å²) in [7, 11) is 0. The van der Waals surface area contributed by atoms with Crippen LogP contribution in [0.15, 0.2) is 18.2 Å². The van der Waals surface area contributed by atoms with Gasteiger partial charge in [0.25, 0.3) is 0 Å². The maximum absolute atomic E-state index is 12.1. The minimum absolute atomic E-state index is 0.0149. The van der Waals surface area contributed by atoms with Crippen LogP contribution >= 0.6 is 11.6 Å². The van der Waals surface area contributed by atoms with Crippen LogP contribution in [0.4, 0.5) is 23.7 Å². The molecule has 0 bridgehead atoms. The van der Waals surface area contributed by atoms with Crippen LogP contribution in [0, 0.1) is 0 Å². The summed E-state index contributed by atoms with van der Waals surface area (Å²) in [5.74, 6) is -1.28. The Kier molecular flexibility index (Phi) is 5.42. The number of carbonyl (C=O) groups is 2. The molecule has 0 aliphatic heterocycles. The first-order valence-corrected chi connectivity index (χ1v) is 6.13. The fourth-order valence-corrected chi connectivity index (χ4v) is 1.75. The fourth-order valence-electron chi connectivity index (χ4n) is 1.56. The van der Waals surface area contributed by atoms with Crippen LogP contribution in [0.2, 0.25) is 5.02 Å². The summed E-state index contributed by atoms with van der Waals surface area (Å²) < 4.78 is 36.4. The Hall–Kier alpha value is -1.96. The largest absolute Gasteiger partial charge is 0.478 e. The number of hydrogen-bond acceptors (Lipinski definition) is 2. The lowest BCUT2D eigenvalue weighted by Crippen LogP contribution is -2.38. The number of anilines is 1. The number of amides is 2. The third-order valence-electron chi connectivity index (χ3n) is 2.37. The van der Waals surface area contributed by atoms with Gasteiger partial charge in [-0.15, -0.1) is 0 Å². The lowest BCUT2D eigenvalue weighted by atomic mass is 10.2. The van der Waals surface area contributed by atoms with E-state index in [1.165, 1.54) is 19.1 Å². The molecule has 116 valence electrons. The van der Waals surface area contributed by atoms with E-state index in [0.29, 0.717) is 0 Å². The number of benzene rings is 1. The van der Waals surface area contributed by atoms with Gasteiger partial charge in [0, 0.05) is 11.7 Å². The second-order valence-corrected chi connectivity index (χ2v) is 4.73. The summed E-state index contributed by atoms with van der Waals surface area (Å²) in [6.07, 6.45) is -5.55. The van der Waals surface area contributed by atoms with Gasteiger partial charge >= 0.3 is 18.2 Å². The lowest BCUT2D eigenvalue weighted by Gasteiger charge is -2.16. The molecule has 0 heterocycles. The maximum Gasteiger partial charge on any atom is 0.391 e. The van der Waals surface area contributed by atoms with Gasteiger partial charge < -0.3 is 15.7 Å². The Bertz CT molecular complexity index is 549. The van der Waals surface area contributed by atoms with Crippen LogP contribution in [-0.2, 0) is 0 Å². The van der Waals surface area contributed by atoms with Crippen molar-refractivity contribution in [1.29, 1.82) is 0 Å². The van der Waals surface area contributed by atoms with Gasteiger partial charge in [0.05, 0.1) is 17.0 Å². The first-order valence-electron chi connectivity index (χ1n) is 5.75. The summed E-state index contributed by atoms with van der Waals surface area (Å²) >= 11 is 5.65. The van der Waals surface area contributed by atoms with Crippen molar-refractivity contribution in [1.82, 2.24) is 5.32 Å². The Labute approximate surface area is 123 Å². The van der Waals surface area contributed by atoms with E-state index < -0.39 is 30.6 Å². The molecule has 2 amide bonds. The number of carboxylic acid groups (broad SMARTS) is 1. The molecule has 0 aliphatic rings. The molecule has 0 saturated heterocycles. The van der Waals surface area contributed by atoms with E-state index >= 15 is 0 Å². The zero-order chi connectivity index (χ0) is 16.2. The molecule has 0 aromatic heterocycles. The number of urea groups is 1. The van der Waals surface area contributed by atoms with Gasteiger partial charge in [0.2, 0.25) is 0 Å². The zero-order valence-corrected chi connectivity index (χ0v) is 11.5. The van der Waals surface area contributed by atoms with E-state index in [1.807, 2.05) is 0 Å². The molecule has 9 heteroatoms. The van der Waals surface area contributed by atoms with Crippen LogP contribution in [0.5, 0.6) is 0 Å². The van der Waals surface area contributed by atoms with E-state index in [0.717, 1.165) is 6.07 Å².